The summed E-state index contributed by atoms with van der Waals surface area (Å²) >= 11 is 23.2. The number of anilines is 1. The van der Waals surface area contributed by atoms with E-state index in [0.29, 0.717) is 17.9 Å². The molecule has 1 amide bonds. The van der Waals surface area contributed by atoms with Gasteiger partial charge in [-0.25, -0.2) is 4.79 Å². The van der Waals surface area contributed by atoms with Crippen LogP contribution in [0.5, 0.6) is 0 Å². The molecule has 2 rings (SSSR count). The highest BCUT2D eigenvalue weighted by atomic mass is 35.6. The van der Waals surface area contributed by atoms with Gasteiger partial charge in [-0.3, -0.25) is 4.79 Å². The summed E-state index contributed by atoms with van der Waals surface area (Å²) in [6, 6.07) is 15.7. The number of amides is 1. The van der Waals surface area contributed by atoms with Crippen molar-refractivity contribution in [3.63, 3.8) is 0 Å². The van der Waals surface area contributed by atoms with Gasteiger partial charge in [-0.05, 0) is 49.0 Å². The molecule has 2 aromatic rings. The highest BCUT2D eigenvalue weighted by molar-refractivity contribution is 7.80. The number of hydrogen-bond donors (Lipinski definition) is 3. The van der Waals surface area contributed by atoms with Gasteiger partial charge in [0.15, 0.2) is 5.11 Å². The Morgan fingerprint density at radius 3 is 2.23 bits per heavy atom. The van der Waals surface area contributed by atoms with E-state index in [1.807, 2.05) is 30.3 Å². The first kappa shape index (κ1) is 24.2. The van der Waals surface area contributed by atoms with Crippen molar-refractivity contribution >= 4 is 69.7 Å². The van der Waals surface area contributed by atoms with Gasteiger partial charge >= 0.3 is 5.97 Å². The van der Waals surface area contributed by atoms with Gasteiger partial charge in [-0.1, -0.05) is 65.1 Å². The number of hydrogen-bond acceptors (Lipinski definition) is 4. The molecule has 160 valence electrons. The zero-order chi connectivity index (χ0) is 22.1. The molecule has 0 radical (unpaired) electrons. The molecule has 0 aliphatic heterocycles. The van der Waals surface area contributed by atoms with E-state index >= 15 is 0 Å². The van der Waals surface area contributed by atoms with Crippen molar-refractivity contribution in [2.24, 2.45) is 0 Å². The number of rotatable bonds is 7. The van der Waals surface area contributed by atoms with Crippen molar-refractivity contribution < 1.29 is 14.3 Å². The van der Waals surface area contributed by atoms with Crippen LogP contribution in [0.3, 0.4) is 0 Å². The first-order valence-electron chi connectivity index (χ1n) is 8.93. The smallest absolute Gasteiger partial charge is 0.338 e. The van der Waals surface area contributed by atoms with E-state index in [1.165, 1.54) is 0 Å². The van der Waals surface area contributed by atoms with Crippen molar-refractivity contribution in [3.8, 4) is 0 Å². The molecule has 0 heterocycles. The van der Waals surface area contributed by atoms with Gasteiger partial charge in [-0.2, -0.15) is 0 Å². The first-order valence-corrected chi connectivity index (χ1v) is 10.5. The Hall–Kier alpha value is -2.06. The minimum absolute atomic E-state index is 0.120. The van der Waals surface area contributed by atoms with Crippen molar-refractivity contribution in [3.05, 3.63) is 65.7 Å². The van der Waals surface area contributed by atoms with Gasteiger partial charge in [0.05, 0.1) is 18.6 Å². The summed E-state index contributed by atoms with van der Waals surface area (Å²) in [5.41, 5.74) is 1.83. The maximum Gasteiger partial charge on any atom is 0.338 e. The highest BCUT2D eigenvalue weighted by Crippen LogP contribution is 2.29. The Morgan fingerprint density at radius 2 is 1.67 bits per heavy atom. The molecular weight excluding hydrogens is 469 g/mol. The van der Waals surface area contributed by atoms with Crippen LogP contribution < -0.4 is 16.0 Å². The number of carbonyl (C=O) groups excluding carboxylic acids is 2. The molecule has 1 unspecified atom stereocenters. The number of ether oxygens (including phenoxy) is 1. The summed E-state index contributed by atoms with van der Waals surface area (Å²) in [5.74, 6) is -0.756. The van der Waals surface area contributed by atoms with E-state index in [1.54, 1.807) is 31.2 Å². The van der Waals surface area contributed by atoms with E-state index in [9.17, 15) is 9.59 Å². The molecule has 0 bridgehead atoms. The first-order chi connectivity index (χ1) is 14.2. The number of benzene rings is 2. The van der Waals surface area contributed by atoms with Crippen LogP contribution in [0, 0.1) is 0 Å². The zero-order valence-corrected chi connectivity index (χ0v) is 19.0. The van der Waals surface area contributed by atoms with Gasteiger partial charge in [0, 0.05) is 5.69 Å². The highest BCUT2D eigenvalue weighted by Gasteiger charge is 2.34. The maximum atomic E-state index is 12.3. The average Bonchev–Trinajstić information content (AvgIpc) is 2.68. The summed E-state index contributed by atoms with van der Waals surface area (Å²) in [7, 11) is 0. The summed E-state index contributed by atoms with van der Waals surface area (Å²) in [6.07, 6.45) is -0.951. The standard InChI is InChI=1S/C20H20Cl3N3O3S/c1-2-29-17(28)14-8-10-15(11-9-14)24-19(30)26-18(20(21,22)23)25-16(27)12-13-6-4-3-5-7-13/h3-11,18H,2,12H2,1H3,(H,25,27)(H2,24,26,30). The third-order valence-electron chi connectivity index (χ3n) is 3.77. The maximum absolute atomic E-state index is 12.3. The van der Waals surface area contributed by atoms with E-state index in [4.69, 9.17) is 51.8 Å². The second-order valence-corrected chi connectivity index (χ2v) is 8.88. The number of alkyl halides is 3. The summed E-state index contributed by atoms with van der Waals surface area (Å²) in [6.45, 7) is 2.03. The third kappa shape index (κ3) is 7.99. The van der Waals surface area contributed by atoms with E-state index < -0.39 is 15.9 Å². The molecule has 0 saturated heterocycles. The van der Waals surface area contributed by atoms with Crippen molar-refractivity contribution in [2.45, 2.75) is 23.3 Å². The predicted octanol–water partition coefficient (Wildman–Crippen LogP) is 4.20. The van der Waals surface area contributed by atoms with Crippen LogP contribution in [-0.2, 0) is 16.0 Å². The molecule has 1 atom stereocenters. The number of halogens is 3. The molecule has 10 heteroatoms. The van der Waals surface area contributed by atoms with Crippen LogP contribution in [0.4, 0.5) is 5.69 Å². The molecule has 0 aliphatic rings. The van der Waals surface area contributed by atoms with Gasteiger partial charge in [0.1, 0.15) is 6.17 Å². The van der Waals surface area contributed by atoms with E-state index in [0.717, 1.165) is 5.56 Å². The number of thiocarbonyl (C=S) groups is 1. The van der Waals surface area contributed by atoms with Crippen LogP contribution in [0.1, 0.15) is 22.8 Å². The molecule has 2 aromatic carbocycles. The fraction of sp³-hybridized carbons (Fsp3) is 0.250. The second kappa shape index (κ2) is 11.4. The number of nitrogens with one attached hydrogen (secondary N) is 3. The zero-order valence-electron chi connectivity index (χ0n) is 16.0. The normalized spacial score (nSPS) is 11.9. The lowest BCUT2D eigenvalue weighted by atomic mass is 10.1. The minimum Gasteiger partial charge on any atom is -0.462 e. The SMILES string of the molecule is CCOC(=O)c1ccc(NC(=S)NC(NC(=O)Cc2ccccc2)C(Cl)(Cl)Cl)cc1. The average molecular weight is 489 g/mol. The van der Waals surface area contributed by atoms with E-state index in [2.05, 4.69) is 16.0 Å². The Balaban J connectivity index is 1.96. The van der Waals surface area contributed by atoms with Gasteiger partial charge in [-0.15, -0.1) is 0 Å². The molecule has 0 aliphatic carbocycles. The Kier molecular flexibility index (Phi) is 9.17. The van der Waals surface area contributed by atoms with Crippen LogP contribution in [-0.4, -0.2) is 33.6 Å². The van der Waals surface area contributed by atoms with Crippen LogP contribution in [0.15, 0.2) is 54.6 Å². The lowest BCUT2D eigenvalue weighted by Gasteiger charge is -2.27. The third-order valence-corrected chi connectivity index (χ3v) is 4.64. The molecule has 6 nitrogen and oxygen atoms in total. The minimum atomic E-state index is -1.86. The molecule has 3 N–H and O–H groups in total. The molecule has 30 heavy (non-hydrogen) atoms. The van der Waals surface area contributed by atoms with Gasteiger partial charge < -0.3 is 20.7 Å². The molecule has 0 saturated carbocycles. The Labute approximate surface area is 195 Å². The number of esters is 1. The van der Waals surface area contributed by atoms with Crippen molar-refractivity contribution in [1.82, 2.24) is 10.6 Å². The van der Waals surface area contributed by atoms with Gasteiger partial charge in [0.2, 0.25) is 9.70 Å². The van der Waals surface area contributed by atoms with Gasteiger partial charge in [0.25, 0.3) is 0 Å². The lowest BCUT2D eigenvalue weighted by molar-refractivity contribution is -0.121. The van der Waals surface area contributed by atoms with E-state index in [-0.39, 0.29) is 17.4 Å². The molecule has 0 fully saturated rings. The summed E-state index contributed by atoms with van der Waals surface area (Å²) in [5, 5.41) is 8.43. The van der Waals surface area contributed by atoms with Crippen LogP contribution in [0.25, 0.3) is 0 Å². The molecule has 0 aromatic heterocycles. The topological polar surface area (TPSA) is 79.5 Å². The summed E-state index contributed by atoms with van der Waals surface area (Å²) < 4.78 is 3.08. The Morgan fingerprint density at radius 1 is 1.03 bits per heavy atom. The predicted molar refractivity (Wildman–Crippen MR) is 124 cm³/mol. The molecular formula is C20H20Cl3N3O3S. The monoisotopic (exact) mass is 487 g/mol. The summed E-state index contributed by atoms with van der Waals surface area (Å²) in [4.78, 5) is 24.0. The molecule has 0 spiro atoms. The van der Waals surface area contributed by atoms with Crippen LogP contribution in [0.2, 0.25) is 0 Å². The lowest BCUT2D eigenvalue weighted by Crippen LogP contribution is -2.56. The van der Waals surface area contributed by atoms with Crippen molar-refractivity contribution in [1.29, 1.82) is 0 Å². The number of carbonyl (C=O) groups is 2. The fourth-order valence-electron chi connectivity index (χ4n) is 2.40. The second-order valence-electron chi connectivity index (χ2n) is 6.10. The van der Waals surface area contributed by atoms with Crippen LogP contribution >= 0.6 is 47.0 Å². The van der Waals surface area contributed by atoms with Crippen molar-refractivity contribution in [2.75, 3.05) is 11.9 Å². The Bertz CT molecular complexity index is 874. The quantitative estimate of drug-likeness (QED) is 0.235. The largest absolute Gasteiger partial charge is 0.462 e. The fourth-order valence-corrected chi connectivity index (χ4v) is 2.96.